The Bertz CT molecular complexity index is 1060. The summed E-state index contributed by atoms with van der Waals surface area (Å²) in [5, 5.41) is 10.9. The Balaban J connectivity index is 1.89. The van der Waals surface area contributed by atoms with Crippen LogP contribution in [0, 0.1) is 17.0 Å². The lowest BCUT2D eigenvalue weighted by Gasteiger charge is -2.13. The Hall–Kier alpha value is -3.15. The molecule has 0 aromatic carbocycles. The van der Waals surface area contributed by atoms with Crippen LogP contribution in [0.25, 0.3) is 11.1 Å². The average Bonchev–Trinajstić information content (AvgIpc) is 3.25. The van der Waals surface area contributed by atoms with Gasteiger partial charge in [0.15, 0.2) is 5.76 Å². The second-order valence-electron chi connectivity index (χ2n) is 6.50. The lowest BCUT2D eigenvalue weighted by atomic mass is 9.91. The minimum absolute atomic E-state index is 0.0211. The Kier molecular flexibility index (Phi) is 3.95. The summed E-state index contributed by atoms with van der Waals surface area (Å²) in [4.78, 5) is 23.3. The van der Waals surface area contributed by atoms with Crippen LogP contribution in [0.2, 0.25) is 0 Å². The van der Waals surface area contributed by atoms with Gasteiger partial charge in [-0.25, -0.2) is 0 Å². The zero-order valence-corrected chi connectivity index (χ0v) is 14.4. The predicted octanol–water partition coefficient (Wildman–Crippen LogP) is 4.94. The second-order valence-corrected chi connectivity index (χ2v) is 6.50. The van der Waals surface area contributed by atoms with Crippen molar-refractivity contribution in [2.75, 3.05) is 0 Å². The van der Waals surface area contributed by atoms with E-state index in [0.717, 1.165) is 35.9 Å². The van der Waals surface area contributed by atoms with Gasteiger partial charge < -0.3 is 8.82 Å². The highest BCUT2D eigenvalue weighted by atomic mass is 16.6. The molecular weight excluding hydrogens is 332 g/mol. The van der Waals surface area contributed by atoms with E-state index in [9.17, 15) is 14.9 Å². The normalized spacial score (nSPS) is 14.4. The van der Waals surface area contributed by atoms with Crippen molar-refractivity contribution >= 4 is 22.8 Å². The van der Waals surface area contributed by atoms with Gasteiger partial charge in [-0.2, -0.15) is 0 Å². The Labute approximate surface area is 149 Å². The molecule has 0 fully saturated rings. The van der Waals surface area contributed by atoms with E-state index in [4.69, 9.17) is 4.42 Å². The van der Waals surface area contributed by atoms with Crippen LogP contribution >= 0.6 is 0 Å². The summed E-state index contributed by atoms with van der Waals surface area (Å²) in [6.45, 7) is 1.93. The standard InChI is InChI=1S/C20H18N2O4/c1-13-18(14-7-3-2-4-8-14)15-9-5-6-12-21(15)19(13)20(23)16-10-11-17(26-16)22(24)25/h5-7,9-12H,2-4,8H2,1H3. The van der Waals surface area contributed by atoms with Crippen molar-refractivity contribution in [1.29, 1.82) is 0 Å². The fourth-order valence-corrected chi connectivity index (χ4v) is 3.75. The smallest absolute Gasteiger partial charge is 0.397 e. The van der Waals surface area contributed by atoms with Gasteiger partial charge in [-0.05, 0) is 61.9 Å². The van der Waals surface area contributed by atoms with Crippen molar-refractivity contribution < 1.29 is 14.1 Å². The van der Waals surface area contributed by atoms with Crippen LogP contribution in [0.4, 0.5) is 5.88 Å². The van der Waals surface area contributed by atoms with Gasteiger partial charge in [0.1, 0.15) is 10.6 Å². The third kappa shape index (κ3) is 2.54. The first-order valence-electron chi connectivity index (χ1n) is 8.66. The molecule has 0 unspecified atom stereocenters. The van der Waals surface area contributed by atoms with Gasteiger partial charge in [-0.1, -0.05) is 12.1 Å². The fraction of sp³-hybridized carbons (Fsp3) is 0.250. The van der Waals surface area contributed by atoms with E-state index in [2.05, 4.69) is 6.08 Å². The highest BCUT2D eigenvalue weighted by Crippen LogP contribution is 2.36. The minimum Gasteiger partial charge on any atom is -0.397 e. The molecule has 132 valence electrons. The molecule has 0 amide bonds. The summed E-state index contributed by atoms with van der Waals surface area (Å²) in [5.41, 5.74) is 4.71. The van der Waals surface area contributed by atoms with E-state index in [1.54, 1.807) is 0 Å². The molecule has 0 aliphatic heterocycles. The Morgan fingerprint density at radius 2 is 2.08 bits per heavy atom. The van der Waals surface area contributed by atoms with Crippen LogP contribution in [0.1, 0.15) is 53.1 Å². The summed E-state index contributed by atoms with van der Waals surface area (Å²) in [6, 6.07) is 8.39. The topological polar surface area (TPSA) is 77.8 Å². The van der Waals surface area contributed by atoms with Crippen molar-refractivity contribution in [3.8, 4) is 0 Å². The lowest BCUT2D eigenvalue weighted by molar-refractivity contribution is -0.402. The van der Waals surface area contributed by atoms with Gasteiger partial charge in [0.25, 0.3) is 0 Å². The van der Waals surface area contributed by atoms with E-state index < -0.39 is 10.8 Å². The molecule has 4 rings (SSSR count). The predicted molar refractivity (Wildman–Crippen MR) is 97.4 cm³/mol. The number of ketones is 1. The van der Waals surface area contributed by atoms with Crippen LogP contribution in [0.5, 0.6) is 0 Å². The number of rotatable bonds is 4. The molecular formula is C20H18N2O4. The summed E-state index contributed by atoms with van der Waals surface area (Å²) in [6.07, 6.45) is 8.48. The molecule has 0 radical (unpaired) electrons. The van der Waals surface area contributed by atoms with Gasteiger partial charge in [0.05, 0.1) is 11.6 Å². The Morgan fingerprint density at radius 3 is 2.77 bits per heavy atom. The molecule has 0 spiro atoms. The van der Waals surface area contributed by atoms with E-state index in [0.29, 0.717) is 5.69 Å². The van der Waals surface area contributed by atoms with Crippen molar-refractivity contribution in [2.45, 2.75) is 32.6 Å². The van der Waals surface area contributed by atoms with Crippen molar-refractivity contribution in [3.63, 3.8) is 0 Å². The van der Waals surface area contributed by atoms with E-state index in [1.165, 1.54) is 24.1 Å². The Morgan fingerprint density at radius 1 is 1.23 bits per heavy atom. The molecule has 3 aromatic heterocycles. The average molecular weight is 350 g/mol. The van der Waals surface area contributed by atoms with Crippen molar-refractivity contribution in [2.24, 2.45) is 0 Å². The number of pyridine rings is 1. The first-order chi connectivity index (χ1) is 12.6. The zero-order valence-electron chi connectivity index (χ0n) is 14.4. The number of fused-ring (bicyclic) bond motifs is 1. The van der Waals surface area contributed by atoms with Gasteiger partial charge in [-0.15, -0.1) is 0 Å². The van der Waals surface area contributed by atoms with E-state index in [-0.39, 0.29) is 11.5 Å². The molecule has 0 N–H and O–H groups in total. The van der Waals surface area contributed by atoms with Gasteiger partial charge in [0.2, 0.25) is 5.78 Å². The van der Waals surface area contributed by atoms with Crippen LogP contribution < -0.4 is 0 Å². The number of hydrogen-bond donors (Lipinski definition) is 0. The summed E-state index contributed by atoms with van der Waals surface area (Å²) in [5.74, 6) is -0.797. The maximum Gasteiger partial charge on any atom is 0.433 e. The summed E-state index contributed by atoms with van der Waals surface area (Å²) in [7, 11) is 0. The maximum atomic E-state index is 13.1. The third-order valence-corrected chi connectivity index (χ3v) is 4.91. The quantitative estimate of drug-likeness (QED) is 0.379. The molecule has 6 nitrogen and oxygen atoms in total. The van der Waals surface area contributed by atoms with Crippen molar-refractivity contribution in [3.05, 3.63) is 75.3 Å². The molecule has 3 heterocycles. The van der Waals surface area contributed by atoms with Crippen LogP contribution in [-0.2, 0) is 0 Å². The van der Waals surface area contributed by atoms with E-state index >= 15 is 0 Å². The number of hydrogen-bond acceptors (Lipinski definition) is 4. The van der Waals surface area contributed by atoms with Gasteiger partial charge in [-0.3, -0.25) is 14.9 Å². The third-order valence-electron chi connectivity index (χ3n) is 4.91. The van der Waals surface area contributed by atoms with Crippen LogP contribution in [-0.4, -0.2) is 15.1 Å². The highest BCUT2D eigenvalue weighted by Gasteiger charge is 2.26. The van der Waals surface area contributed by atoms with Gasteiger partial charge in [0, 0.05) is 11.8 Å². The highest BCUT2D eigenvalue weighted by molar-refractivity contribution is 6.09. The lowest BCUT2D eigenvalue weighted by Crippen LogP contribution is -2.06. The number of carbonyl (C=O) groups excluding carboxylic acids is 1. The number of allylic oxidation sites excluding steroid dienone is 2. The molecule has 1 aliphatic rings. The summed E-state index contributed by atoms with van der Waals surface area (Å²) < 4.78 is 7.00. The molecule has 0 bridgehead atoms. The number of furan rings is 1. The number of nitro groups is 1. The minimum atomic E-state index is -0.641. The van der Waals surface area contributed by atoms with E-state index in [1.807, 2.05) is 35.7 Å². The molecule has 0 atom stereocenters. The number of nitrogens with zero attached hydrogens (tertiary/aromatic N) is 2. The molecule has 6 heteroatoms. The summed E-state index contributed by atoms with van der Waals surface area (Å²) >= 11 is 0. The molecule has 0 saturated carbocycles. The SMILES string of the molecule is Cc1c(C2=CCCCC2)c2ccccn2c1C(=O)c1ccc([N+](=O)[O-])o1. The molecule has 3 aromatic rings. The first-order valence-corrected chi connectivity index (χ1v) is 8.66. The van der Waals surface area contributed by atoms with Crippen LogP contribution in [0.3, 0.4) is 0 Å². The molecule has 26 heavy (non-hydrogen) atoms. The first kappa shape index (κ1) is 16.3. The van der Waals surface area contributed by atoms with Crippen molar-refractivity contribution in [1.82, 2.24) is 4.40 Å². The number of aromatic nitrogens is 1. The maximum absolute atomic E-state index is 13.1. The van der Waals surface area contributed by atoms with Crippen LogP contribution in [0.15, 0.2) is 47.0 Å². The van der Waals surface area contributed by atoms with Gasteiger partial charge >= 0.3 is 5.88 Å². The second kappa shape index (κ2) is 6.29. The molecule has 1 aliphatic carbocycles. The largest absolute Gasteiger partial charge is 0.433 e. The molecule has 0 saturated heterocycles. The monoisotopic (exact) mass is 350 g/mol. The number of carbonyl (C=O) groups is 1. The fourth-order valence-electron chi connectivity index (χ4n) is 3.75. The zero-order chi connectivity index (χ0) is 18.3.